The fourth-order valence-corrected chi connectivity index (χ4v) is 3.14. The van der Waals surface area contributed by atoms with Crippen LogP contribution in [0.2, 0.25) is 0 Å². The Balaban J connectivity index is 2.44. The second-order valence-corrected chi connectivity index (χ2v) is 7.12. The van der Waals surface area contributed by atoms with E-state index in [0.717, 1.165) is 13.1 Å². The molecule has 0 atom stereocenters. The molecule has 0 fully saturated rings. The zero-order valence-electron chi connectivity index (χ0n) is 13.3. The molecule has 0 aliphatic rings. The first-order valence-corrected chi connectivity index (χ1v) is 8.34. The predicted octanol–water partition coefficient (Wildman–Crippen LogP) is 4.18. The number of hydrogen-bond donors (Lipinski definition) is 1. The molecular weight excluding hydrogens is 252 g/mol. The van der Waals surface area contributed by atoms with Crippen LogP contribution in [0.4, 0.5) is 0 Å². The highest BCUT2D eigenvalue weighted by molar-refractivity contribution is 7.12. The van der Waals surface area contributed by atoms with E-state index in [1.54, 1.807) is 0 Å². The molecular formula is C16H30N2S. The monoisotopic (exact) mass is 282 g/mol. The van der Waals surface area contributed by atoms with E-state index < -0.39 is 0 Å². The Bertz CT molecular complexity index is 358. The standard InChI is InChI=1S/C16H30N2S/c1-6-7-8-9-18(5)12-15-10-16(19-14(15)4)11-17-13(2)3/h10,13,17H,6-9,11-12H2,1-5H3. The zero-order chi connectivity index (χ0) is 14.3. The molecule has 0 saturated carbocycles. The second kappa shape index (κ2) is 8.72. The third-order valence-corrected chi connectivity index (χ3v) is 4.43. The number of rotatable bonds is 9. The van der Waals surface area contributed by atoms with Crippen LogP contribution in [0, 0.1) is 6.92 Å². The van der Waals surface area contributed by atoms with E-state index in [1.807, 2.05) is 11.3 Å². The molecule has 2 nitrogen and oxygen atoms in total. The van der Waals surface area contributed by atoms with Gasteiger partial charge in [0.2, 0.25) is 0 Å². The molecule has 1 aromatic heterocycles. The Morgan fingerprint density at radius 3 is 2.68 bits per heavy atom. The molecule has 110 valence electrons. The highest BCUT2D eigenvalue weighted by Gasteiger charge is 2.08. The minimum atomic E-state index is 0.558. The zero-order valence-corrected chi connectivity index (χ0v) is 14.1. The number of nitrogens with one attached hydrogen (secondary N) is 1. The first-order valence-electron chi connectivity index (χ1n) is 7.53. The van der Waals surface area contributed by atoms with E-state index in [9.17, 15) is 0 Å². The van der Waals surface area contributed by atoms with Crippen molar-refractivity contribution in [3.8, 4) is 0 Å². The molecule has 0 aromatic carbocycles. The Kier molecular flexibility index (Phi) is 7.66. The summed E-state index contributed by atoms with van der Waals surface area (Å²) < 4.78 is 0. The fourth-order valence-electron chi connectivity index (χ4n) is 2.14. The molecule has 1 aromatic rings. The maximum atomic E-state index is 3.49. The van der Waals surface area contributed by atoms with E-state index in [-0.39, 0.29) is 0 Å². The van der Waals surface area contributed by atoms with Crippen LogP contribution in [-0.2, 0) is 13.1 Å². The number of nitrogens with zero attached hydrogens (tertiary/aromatic N) is 1. The van der Waals surface area contributed by atoms with Gasteiger partial charge in [-0.25, -0.2) is 0 Å². The Morgan fingerprint density at radius 1 is 1.32 bits per heavy atom. The molecule has 1 heterocycles. The third-order valence-electron chi connectivity index (χ3n) is 3.34. The van der Waals surface area contributed by atoms with E-state index in [2.05, 4.69) is 51.0 Å². The Morgan fingerprint density at radius 2 is 2.05 bits per heavy atom. The quantitative estimate of drug-likeness (QED) is 0.684. The Labute approximate surface area is 123 Å². The predicted molar refractivity (Wildman–Crippen MR) is 86.9 cm³/mol. The van der Waals surface area contributed by atoms with Gasteiger partial charge in [-0.2, -0.15) is 0 Å². The van der Waals surface area contributed by atoms with Crippen LogP contribution >= 0.6 is 11.3 Å². The molecule has 0 radical (unpaired) electrons. The summed E-state index contributed by atoms with van der Waals surface area (Å²) in [6, 6.07) is 2.94. The van der Waals surface area contributed by atoms with Gasteiger partial charge in [-0.05, 0) is 38.6 Å². The first kappa shape index (κ1) is 16.7. The molecule has 19 heavy (non-hydrogen) atoms. The van der Waals surface area contributed by atoms with Crippen molar-refractivity contribution < 1.29 is 0 Å². The summed E-state index contributed by atoms with van der Waals surface area (Å²) in [4.78, 5) is 5.38. The third kappa shape index (κ3) is 6.55. The minimum Gasteiger partial charge on any atom is -0.310 e. The number of unbranched alkanes of at least 4 members (excludes halogenated alkanes) is 2. The molecule has 0 unspecified atom stereocenters. The van der Waals surface area contributed by atoms with Gasteiger partial charge >= 0.3 is 0 Å². The molecule has 0 amide bonds. The van der Waals surface area contributed by atoms with Crippen LogP contribution in [0.5, 0.6) is 0 Å². The molecule has 3 heteroatoms. The van der Waals surface area contributed by atoms with Crippen molar-refractivity contribution >= 4 is 11.3 Å². The fraction of sp³-hybridized carbons (Fsp3) is 0.750. The second-order valence-electron chi connectivity index (χ2n) is 5.77. The van der Waals surface area contributed by atoms with Gasteiger partial charge in [0.15, 0.2) is 0 Å². The largest absolute Gasteiger partial charge is 0.310 e. The van der Waals surface area contributed by atoms with Crippen LogP contribution in [0.3, 0.4) is 0 Å². The average molecular weight is 282 g/mol. The lowest BCUT2D eigenvalue weighted by Crippen LogP contribution is -2.21. The lowest BCUT2D eigenvalue weighted by atomic mass is 10.2. The maximum absolute atomic E-state index is 3.49. The van der Waals surface area contributed by atoms with Crippen LogP contribution in [0.25, 0.3) is 0 Å². The highest BCUT2D eigenvalue weighted by atomic mass is 32.1. The van der Waals surface area contributed by atoms with Gasteiger partial charge in [0.1, 0.15) is 0 Å². The summed E-state index contributed by atoms with van der Waals surface area (Å²) in [5, 5.41) is 3.49. The summed E-state index contributed by atoms with van der Waals surface area (Å²) in [5.41, 5.74) is 1.50. The molecule has 1 rings (SSSR count). The van der Waals surface area contributed by atoms with E-state index in [0.29, 0.717) is 6.04 Å². The van der Waals surface area contributed by atoms with Crippen molar-refractivity contribution in [1.29, 1.82) is 0 Å². The molecule has 0 spiro atoms. The normalized spacial score (nSPS) is 11.7. The lowest BCUT2D eigenvalue weighted by Gasteiger charge is -2.16. The van der Waals surface area contributed by atoms with Gasteiger partial charge in [0, 0.05) is 28.9 Å². The smallest absolute Gasteiger partial charge is 0.0302 e. The maximum Gasteiger partial charge on any atom is 0.0302 e. The van der Waals surface area contributed by atoms with Crippen molar-refractivity contribution in [3.63, 3.8) is 0 Å². The van der Waals surface area contributed by atoms with Crippen molar-refractivity contribution in [2.24, 2.45) is 0 Å². The SMILES string of the molecule is CCCCCN(C)Cc1cc(CNC(C)C)sc1C. The van der Waals surface area contributed by atoms with Gasteiger partial charge in [0.05, 0.1) is 0 Å². The average Bonchev–Trinajstić information content (AvgIpc) is 2.68. The van der Waals surface area contributed by atoms with E-state index >= 15 is 0 Å². The topological polar surface area (TPSA) is 15.3 Å². The van der Waals surface area contributed by atoms with Crippen molar-refractivity contribution in [2.45, 2.75) is 66.1 Å². The molecule has 0 bridgehead atoms. The van der Waals surface area contributed by atoms with E-state index in [4.69, 9.17) is 0 Å². The van der Waals surface area contributed by atoms with Crippen LogP contribution in [-0.4, -0.2) is 24.5 Å². The summed E-state index contributed by atoms with van der Waals surface area (Å²) >= 11 is 1.94. The number of aryl methyl sites for hydroxylation is 1. The van der Waals surface area contributed by atoms with Gasteiger partial charge in [0.25, 0.3) is 0 Å². The van der Waals surface area contributed by atoms with Gasteiger partial charge in [-0.1, -0.05) is 33.6 Å². The summed E-state index contributed by atoms with van der Waals surface area (Å²) in [5.74, 6) is 0. The van der Waals surface area contributed by atoms with Crippen LogP contribution in [0.15, 0.2) is 6.07 Å². The summed E-state index contributed by atoms with van der Waals surface area (Å²) in [6.07, 6.45) is 3.96. The minimum absolute atomic E-state index is 0.558. The highest BCUT2D eigenvalue weighted by Crippen LogP contribution is 2.22. The molecule has 0 saturated heterocycles. The van der Waals surface area contributed by atoms with E-state index in [1.165, 1.54) is 41.1 Å². The molecule has 0 aliphatic heterocycles. The van der Waals surface area contributed by atoms with Gasteiger partial charge in [-0.3, -0.25) is 0 Å². The van der Waals surface area contributed by atoms with Crippen LogP contribution in [0.1, 0.15) is 55.4 Å². The number of thiophene rings is 1. The number of hydrogen-bond acceptors (Lipinski definition) is 3. The summed E-state index contributed by atoms with van der Waals surface area (Å²) in [6.45, 7) is 12.2. The van der Waals surface area contributed by atoms with Gasteiger partial charge < -0.3 is 10.2 Å². The van der Waals surface area contributed by atoms with Gasteiger partial charge in [-0.15, -0.1) is 11.3 Å². The molecule has 1 N–H and O–H groups in total. The molecule has 0 aliphatic carbocycles. The van der Waals surface area contributed by atoms with Crippen molar-refractivity contribution in [1.82, 2.24) is 10.2 Å². The van der Waals surface area contributed by atoms with Crippen LogP contribution < -0.4 is 5.32 Å². The Hall–Kier alpha value is -0.380. The lowest BCUT2D eigenvalue weighted by molar-refractivity contribution is 0.318. The van der Waals surface area contributed by atoms with Crippen molar-refractivity contribution in [3.05, 3.63) is 21.4 Å². The first-order chi connectivity index (χ1) is 9.02. The summed E-state index contributed by atoms with van der Waals surface area (Å²) in [7, 11) is 2.23. The van der Waals surface area contributed by atoms with Crippen molar-refractivity contribution in [2.75, 3.05) is 13.6 Å².